The number of furan rings is 1. The van der Waals surface area contributed by atoms with Crippen molar-refractivity contribution in [2.24, 2.45) is 0 Å². The quantitative estimate of drug-likeness (QED) is 0.450. The Morgan fingerprint density at radius 2 is 2.18 bits per heavy atom. The lowest BCUT2D eigenvalue weighted by Gasteiger charge is -2.00. The molecule has 110 valence electrons. The summed E-state index contributed by atoms with van der Waals surface area (Å²) in [6.45, 7) is 0. The monoisotopic (exact) mass is 299 g/mol. The second kappa shape index (κ2) is 5.52. The topological polar surface area (TPSA) is 111 Å². The van der Waals surface area contributed by atoms with Gasteiger partial charge in [0.2, 0.25) is 5.91 Å². The van der Waals surface area contributed by atoms with Crippen LogP contribution in [0.5, 0.6) is 0 Å². The number of aromatic nitrogens is 1. The Morgan fingerprint density at radius 3 is 2.95 bits per heavy atom. The summed E-state index contributed by atoms with van der Waals surface area (Å²) in [5.74, 6) is -0.563. The molecule has 0 aliphatic rings. The summed E-state index contributed by atoms with van der Waals surface area (Å²) in [4.78, 5) is 25.6. The Morgan fingerprint density at radius 1 is 1.32 bits per heavy atom. The molecule has 1 aromatic carbocycles. The number of carbonyl (C=O) groups excluding carboxylic acids is 1. The van der Waals surface area contributed by atoms with E-state index in [0.29, 0.717) is 16.8 Å². The molecule has 3 aromatic rings. The van der Waals surface area contributed by atoms with Gasteiger partial charge in [0.25, 0.3) is 0 Å². The van der Waals surface area contributed by atoms with Crippen molar-refractivity contribution in [1.29, 1.82) is 0 Å². The second-order valence-electron chi connectivity index (χ2n) is 4.29. The fourth-order valence-corrected chi connectivity index (χ4v) is 1.81. The molecule has 3 rings (SSSR count). The van der Waals surface area contributed by atoms with Crippen molar-refractivity contribution in [1.82, 2.24) is 4.98 Å². The number of carbonyl (C=O) groups is 1. The van der Waals surface area contributed by atoms with Gasteiger partial charge >= 0.3 is 5.88 Å². The Kier molecular flexibility index (Phi) is 3.40. The van der Waals surface area contributed by atoms with Gasteiger partial charge in [-0.3, -0.25) is 14.9 Å². The molecule has 1 amide bonds. The lowest BCUT2D eigenvalue weighted by Crippen LogP contribution is -2.07. The highest BCUT2D eigenvalue weighted by atomic mass is 16.6. The van der Waals surface area contributed by atoms with Crippen molar-refractivity contribution < 1.29 is 18.6 Å². The van der Waals surface area contributed by atoms with Crippen molar-refractivity contribution >= 4 is 34.7 Å². The smallest absolute Gasteiger partial charge is 0.433 e. The first-order chi connectivity index (χ1) is 10.6. The van der Waals surface area contributed by atoms with Crippen molar-refractivity contribution in [3.05, 3.63) is 58.7 Å². The Balaban J connectivity index is 1.68. The van der Waals surface area contributed by atoms with E-state index in [9.17, 15) is 14.9 Å². The number of anilines is 1. The van der Waals surface area contributed by atoms with Gasteiger partial charge in [0.1, 0.15) is 16.2 Å². The molecule has 0 aliphatic carbocycles. The van der Waals surface area contributed by atoms with Gasteiger partial charge < -0.3 is 14.2 Å². The van der Waals surface area contributed by atoms with Gasteiger partial charge in [0.15, 0.2) is 12.0 Å². The highest BCUT2D eigenvalue weighted by molar-refractivity contribution is 6.02. The molecule has 1 N–H and O–H groups in total. The molecule has 22 heavy (non-hydrogen) atoms. The first kappa shape index (κ1) is 13.6. The van der Waals surface area contributed by atoms with Crippen molar-refractivity contribution in [2.75, 3.05) is 5.32 Å². The normalized spacial score (nSPS) is 11.1. The Labute approximate surface area is 123 Å². The number of rotatable bonds is 4. The molecule has 2 aromatic heterocycles. The summed E-state index contributed by atoms with van der Waals surface area (Å²) in [5, 5.41) is 13.1. The van der Waals surface area contributed by atoms with E-state index in [1.807, 2.05) is 0 Å². The number of hydrogen-bond donors (Lipinski definition) is 1. The van der Waals surface area contributed by atoms with Crippen LogP contribution in [0, 0.1) is 10.1 Å². The summed E-state index contributed by atoms with van der Waals surface area (Å²) in [6, 6.07) is 7.66. The van der Waals surface area contributed by atoms with E-state index in [1.54, 1.807) is 18.2 Å². The Hall–Kier alpha value is -3.42. The summed E-state index contributed by atoms with van der Waals surface area (Å²) < 4.78 is 10.0. The minimum absolute atomic E-state index is 0.216. The first-order valence-electron chi connectivity index (χ1n) is 6.18. The van der Waals surface area contributed by atoms with Gasteiger partial charge in [-0.25, -0.2) is 4.98 Å². The largest absolute Gasteiger partial charge is 0.443 e. The number of hydrogen-bond acceptors (Lipinski definition) is 6. The number of fused-ring (bicyclic) bond motifs is 1. The second-order valence-corrected chi connectivity index (χ2v) is 4.29. The molecule has 2 heterocycles. The number of nitrogens with one attached hydrogen (secondary N) is 1. The van der Waals surface area contributed by atoms with Gasteiger partial charge in [0, 0.05) is 11.8 Å². The van der Waals surface area contributed by atoms with Crippen LogP contribution >= 0.6 is 0 Å². The van der Waals surface area contributed by atoms with Gasteiger partial charge in [0.05, 0.1) is 6.07 Å². The minimum atomic E-state index is -0.648. The highest BCUT2D eigenvalue weighted by Gasteiger charge is 2.10. The lowest BCUT2D eigenvalue weighted by atomic mass is 10.3. The van der Waals surface area contributed by atoms with E-state index in [1.165, 1.54) is 30.7 Å². The molecule has 0 spiro atoms. The molecular formula is C14H9N3O5. The van der Waals surface area contributed by atoms with Crippen LogP contribution in [-0.2, 0) is 4.79 Å². The third-order valence-electron chi connectivity index (χ3n) is 2.79. The lowest BCUT2D eigenvalue weighted by molar-refractivity contribution is -0.402. The number of oxazole rings is 1. The number of nitrogens with zero attached hydrogens (tertiary/aromatic N) is 2. The average molecular weight is 299 g/mol. The maximum Gasteiger partial charge on any atom is 0.433 e. The van der Waals surface area contributed by atoms with Crippen molar-refractivity contribution in [3.8, 4) is 0 Å². The van der Waals surface area contributed by atoms with Crippen LogP contribution in [0.1, 0.15) is 5.76 Å². The minimum Gasteiger partial charge on any atom is -0.443 e. The third-order valence-corrected chi connectivity index (χ3v) is 2.79. The molecule has 8 nitrogen and oxygen atoms in total. The molecule has 0 unspecified atom stereocenters. The number of benzene rings is 1. The van der Waals surface area contributed by atoms with Gasteiger partial charge in [-0.05, 0) is 30.3 Å². The summed E-state index contributed by atoms with van der Waals surface area (Å²) in [5.41, 5.74) is 1.81. The van der Waals surface area contributed by atoms with Crippen molar-refractivity contribution in [3.63, 3.8) is 0 Å². The van der Waals surface area contributed by atoms with E-state index in [-0.39, 0.29) is 11.6 Å². The predicted molar refractivity (Wildman–Crippen MR) is 77.0 cm³/mol. The SMILES string of the molecule is O=C(/C=C/c1ccc([N+](=O)[O-])o1)Nc1ccc2ocnc2c1. The van der Waals surface area contributed by atoms with Crippen LogP contribution in [0.15, 0.2) is 51.6 Å². The fraction of sp³-hybridized carbons (Fsp3) is 0. The molecule has 0 atom stereocenters. The molecule has 0 bridgehead atoms. The van der Waals surface area contributed by atoms with E-state index >= 15 is 0 Å². The molecule has 8 heteroatoms. The van der Waals surface area contributed by atoms with E-state index < -0.39 is 10.8 Å². The van der Waals surface area contributed by atoms with Crippen LogP contribution in [0.3, 0.4) is 0 Å². The highest BCUT2D eigenvalue weighted by Crippen LogP contribution is 2.18. The van der Waals surface area contributed by atoms with Crippen LogP contribution < -0.4 is 5.32 Å². The average Bonchev–Trinajstić information content (AvgIpc) is 3.13. The van der Waals surface area contributed by atoms with Gasteiger partial charge in [-0.2, -0.15) is 0 Å². The summed E-state index contributed by atoms with van der Waals surface area (Å²) in [7, 11) is 0. The van der Waals surface area contributed by atoms with Crippen LogP contribution in [0.25, 0.3) is 17.2 Å². The van der Waals surface area contributed by atoms with Crippen LogP contribution in [-0.4, -0.2) is 15.8 Å². The number of amides is 1. The molecule has 0 saturated carbocycles. The van der Waals surface area contributed by atoms with Crippen LogP contribution in [0.2, 0.25) is 0 Å². The Bertz CT molecular complexity index is 877. The molecular weight excluding hydrogens is 290 g/mol. The zero-order valence-electron chi connectivity index (χ0n) is 11.1. The maximum atomic E-state index is 11.8. The first-order valence-corrected chi connectivity index (χ1v) is 6.18. The maximum absolute atomic E-state index is 11.8. The summed E-state index contributed by atoms with van der Waals surface area (Å²) >= 11 is 0. The van der Waals surface area contributed by atoms with Crippen LogP contribution in [0.4, 0.5) is 11.6 Å². The van der Waals surface area contributed by atoms with E-state index in [4.69, 9.17) is 8.83 Å². The summed E-state index contributed by atoms with van der Waals surface area (Å²) in [6.07, 6.45) is 3.88. The van der Waals surface area contributed by atoms with Crippen molar-refractivity contribution in [2.45, 2.75) is 0 Å². The third kappa shape index (κ3) is 2.85. The van der Waals surface area contributed by atoms with E-state index in [0.717, 1.165) is 0 Å². The van der Waals surface area contributed by atoms with Gasteiger partial charge in [-0.1, -0.05) is 0 Å². The molecule has 0 fully saturated rings. The standard InChI is InChI=1S/C14H9N3O5/c18-13(5-2-10-3-6-14(22-10)17(19)20)16-9-1-4-12-11(7-9)15-8-21-12/h1-8H,(H,16,18)/b5-2+. The fourth-order valence-electron chi connectivity index (χ4n) is 1.81. The number of nitro groups is 1. The zero-order chi connectivity index (χ0) is 15.5. The molecule has 0 saturated heterocycles. The molecule has 0 radical (unpaired) electrons. The van der Waals surface area contributed by atoms with E-state index in [2.05, 4.69) is 10.3 Å². The molecule has 0 aliphatic heterocycles. The zero-order valence-corrected chi connectivity index (χ0v) is 11.1. The predicted octanol–water partition coefficient (Wildman–Crippen LogP) is 2.98. The van der Waals surface area contributed by atoms with Gasteiger partial charge in [-0.15, -0.1) is 0 Å².